The van der Waals surface area contributed by atoms with E-state index in [0.29, 0.717) is 37.1 Å². The molecule has 2 amide bonds. The summed E-state index contributed by atoms with van der Waals surface area (Å²) in [6.45, 7) is 2.45. The van der Waals surface area contributed by atoms with Crippen LogP contribution in [0.1, 0.15) is 28.8 Å². The maximum atomic E-state index is 12.5. The van der Waals surface area contributed by atoms with Crippen LogP contribution in [0.25, 0.3) is 0 Å². The van der Waals surface area contributed by atoms with Gasteiger partial charge in [-0.1, -0.05) is 6.07 Å². The Labute approximate surface area is 121 Å². The van der Waals surface area contributed by atoms with E-state index in [1.165, 1.54) is 12.1 Å². The average molecular weight is 291 g/mol. The number of nitro benzene ring substituents is 1. The predicted molar refractivity (Wildman–Crippen MR) is 75.7 cm³/mol. The molecule has 0 spiro atoms. The number of rotatable bonds is 3. The molecule has 0 aromatic heterocycles. The quantitative estimate of drug-likeness (QED) is 0.667. The third-order valence-corrected chi connectivity index (χ3v) is 3.92. The first-order valence-electron chi connectivity index (χ1n) is 6.74. The van der Waals surface area contributed by atoms with Crippen LogP contribution in [0.5, 0.6) is 0 Å². The summed E-state index contributed by atoms with van der Waals surface area (Å²) in [5.74, 6) is -0.770. The van der Waals surface area contributed by atoms with Gasteiger partial charge in [0.2, 0.25) is 5.91 Å². The molecule has 1 aromatic rings. The first-order valence-corrected chi connectivity index (χ1v) is 6.74. The Kier molecular flexibility index (Phi) is 4.21. The number of carbonyl (C=O) groups is 2. The Hall–Kier alpha value is -2.44. The van der Waals surface area contributed by atoms with E-state index in [0.717, 1.165) is 0 Å². The largest absolute Gasteiger partial charge is 0.369 e. The summed E-state index contributed by atoms with van der Waals surface area (Å²) in [7, 11) is 0. The zero-order valence-electron chi connectivity index (χ0n) is 11.7. The number of amides is 2. The molecule has 2 N–H and O–H groups in total. The second-order valence-corrected chi connectivity index (χ2v) is 5.18. The Morgan fingerprint density at radius 1 is 1.33 bits per heavy atom. The highest BCUT2D eigenvalue weighted by Crippen LogP contribution is 2.24. The number of nitro groups is 1. The highest BCUT2D eigenvalue weighted by molar-refractivity contribution is 5.96. The molecule has 0 atom stereocenters. The van der Waals surface area contributed by atoms with Gasteiger partial charge in [-0.3, -0.25) is 19.7 Å². The molecule has 0 unspecified atom stereocenters. The molecule has 1 aromatic carbocycles. The van der Waals surface area contributed by atoms with Crippen molar-refractivity contribution in [1.82, 2.24) is 4.90 Å². The third-order valence-electron chi connectivity index (χ3n) is 3.92. The van der Waals surface area contributed by atoms with Crippen LogP contribution in [0.2, 0.25) is 0 Å². The van der Waals surface area contributed by atoms with Gasteiger partial charge in [-0.25, -0.2) is 0 Å². The molecule has 1 aliphatic rings. The van der Waals surface area contributed by atoms with Crippen molar-refractivity contribution in [1.29, 1.82) is 0 Å². The van der Waals surface area contributed by atoms with Crippen molar-refractivity contribution in [3.8, 4) is 0 Å². The molecule has 7 heteroatoms. The number of nitrogens with zero attached hydrogens (tertiary/aromatic N) is 2. The maximum absolute atomic E-state index is 12.5. The zero-order valence-corrected chi connectivity index (χ0v) is 11.7. The van der Waals surface area contributed by atoms with E-state index in [1.54, 1.807) is 17.9 Å². The Bertz CT molecular complexity index is 592. The van der Waals surface area contributed by atoms with Crippen molar-refractivity contribution in [2.24, 2.45) is 11.7 Å². The molecule has 1 aliphatic heterocycles. The van der Waals surface area contributed by atoms with Crippen LogP contribution >= 0.6 is 0 Å². The lowest BCUT2D eigenvalue weighted by molar-refractivity contribution is -0.385. The van der Waals surface area contributed by atoms with Crippen molar-refractivity contribution in [3.63, 3.8) is 0 Å². The number of benzene rings is 1. The van der Waals surface area contributed by atoms with Gasteiger partial charge in [0, 0.05) is 36.2 Å². The highest BCUT2D eigenvalue weighted by Gasteiger charge is 2.28. The molecule has 21 heavy (non-hydrogen) atoms. The number of hydrogen-bond donors (Lipinski definition) is 1. The van der Waals surface area contributed by atoms with Gasteiger partial charge in [0.05, 0.1) is 4.92 Å². The molecular weight excluding hydrogens is 274 g/mol. The van der Waals surface area contributed by atoms with Gasteiger partial charge >= 0.3 is 0 Å². The molecular formula is C14H17N3O4. The lowest BCUT2D eigenvalue weighted by Gasteiger charge is -2.30. The van der Waals surface area contributed by atoms with Gasteiger partial charge in [0.15, 0.2) is 0 Å². The van der Waals surface area contributed by atoms with Crippen LogP contribution in [0, 0.1) is 23.0 Å². The summed E-state index contributed by atoms with van der Waals surface area (Å²) in [5, 5.41) is 10.9. The van der Waals surface area contributed by atoms with E-state index in [1.807, 2.05) is 0 Å². The minimum atomic E-state index is -0.495. The molecule has 0 saturated carbocycles. The summed E-state index contributed by atoms with van der Waals surface area (Å²) in [5.41, 5.74) is 5.90. The lowest BCUT2D eigenvalue weighted by Crippen LogP contribution is -2.41. The second kappa shape index (κ2) is 5.90. The van der Waals surface area contributed by atoms with Gasteiger partial charge in [-0.2, -0.15) is 0 Å². The van der Waals surface area contributed by atoms with Gasteiger partial charge in [-0.15, -0.1) is 0 Å². The fourth-order valence-corrected chi connectivity index (χ4v) is 2.59. The van der Waals surface area contributed by atoms with E-state index < -0.39 is 4.92 Å². The number of piperidine rings is 1. The molecule has 2 rings (SSSR count). The number of hydrogen-bond acceptors (Lipinski definition) is 4. The Morgan fingerprint density at radius 3 is 2.48 bits per heavy atom. The van der Waals surface area contributed by atoms with E-state index >= 15 is 0 Å². The van der Waals surface area contributed by atoms with Crippen LogP contribution in [0.15, 0.2) is 18.2 Å². The van der Waals surface area contributed by atoms with Gasteiger partial charge in [0.1, 0.15) is 0 Å². The van der Waals surface area contributed by atoms with E-state index in [4.69, 9.17) is 5.73 Å². The Morgan fingerprint density at radius 2 is 1.95 bits per heavy atom. The van der Waals surface area contributed by atoms with Gasteiger partial charge in [-0.05, 0) is 25.8 Å². The van der Waals surface area contributed by atoms with Crippen LogP contribution in [-0.4, -0.2) is 34.7 Å². The average Bonchev–Trinajstić information content (AvgIpc) is 2.46. The molecule has 112 valence electrons. The molecule has 0 bridgehead atoms. The molecule has 0 aliphatic carbocycles. The molecule has 1 saturated heterocycles. The molecule has 1 heterocycles. The van der Waals surface area contributed by atoms with Crippen molar-refractivity contribution in [2.75, 3.05) is 13.1 Å². The number of carbonyl (C=O) groups excluding carboxylic acids is 2. The van der Waals surface area contributed by atoms with Crippen LogP contribution in [-0.2, 0) is 4.79 Å². The van der Waals surface area contributed by atoms with Crippen molar-refractivity contribution >= 4 is 17.5 Å². The van der Waals surface area contributed by atoms with Crippen molar-refractivity contribution in [2.45, 2.75) is 19.8 Å². The van der Waals surface area contributed by atoms with E-state index in [2.05, 4.69) is 0 Å². The fraction of sp³-hybridized carbons (Fsp3) is 0.429. The van der Waals surface area contributed by atoms with Gasteiger partial charge in [0.25, 0.3) is 11.6 Å². The van der Waals surface area contributed by atoms with Crippen molar-refractivity contribution < 1.29 is 14.5 Å². The first kappa shape index (κ1) is 15.0. The molecule has 1 fully saturated rings. The smallest absolute Gasteiger partial charge is 0.273 e. The first-order chi connectivity index (χ1) is 9.91. The SMILES string of the molecule is Cc1c(C(=O)N2CCC(C(N)=O)CC2)cccc1[N+](=O)[O-]. The number of primary amides is 1. The third kappa shape index (κ3) is 3.01. The fourth-order valence-electron chi connectivity index (χ4n) is 2.59. The minimum Gasteiger partial charge on any atom is -0.369 e. The Balaban J connectivity index is 2.17. The van der Waals surface area contributed by atoms with E-state index in [9.17, 15) is 19.7 Å². The van der Waals surface area contributed by atoms with Crippen molar-refractivity contribution in [3.05, 3.63) is 39.4 Å². The zero-order chi connectivity index (χ0) is 15.6. The van der Waals surface area contributed by atoms with Gasteiger partial charge < -0.3 is 10.6 Å². The molecule has 0 radical (unpaired) electrons. The topological polar surface area (TPSA) is 107 Å². The van der Waals surface area contributed by atoms with Crippen LogP contribution in [0.3, 0.4) is 0 Å². The molecule has 7 nitrogen and oxygen atoms in total. The predicted octanol–water partition coefficient (Wildman–Crippen LogP) is 1.24. The lowest BCUT2D eigenvalue weighted by atomic mass is 9.95. The summed E-state index contributed by atoms with van der Waals surface area (Å²) in [4.78, 5) is 35.6. The summed E-state index contributed by atoms with van der Waals surface area (Å²) < 4.78 is 0. The highest BCUT2D eigenvalue weighted by atomic mass is 16.6. The van der Waals surface area contributed by atoms with E-state index in [-0.39, 0.29) is 23.4 Å². The normalized spacial score (nSPS) is 15.8. The van der Waals surface area contributed by atoms with Crippen LogP contribution < -0.4 is 5.73 Å². The standard InChI is InChI=1S/C14H17N3O4/c1-9-11(3-2-4-12(9)17(20)21)14(19)16-7-5-10(6-8-16)13(15)18/h2-4,10H,5-8H2,1H3,(H2,15,18). The second-order valence-electron chi connectivity index (χ2n) is 5.18. The monoisotopic (exact) mass is 291 g/mol. The number of nitrogens with two attached hydrogens (primary N) is 1. The maximum Gasteiger partial charge on any atom is 0.273 e. The summed E-state index contributed by atoms with van der Waals surface area (Å²) >= 11 is 0. The summed E-state index contributed by atoms with van der Waals surface area (Å²) in [6.07, 6.45) is 1.07. The minimum absolute atomic E-state index is 0.0622. The summed E-state index contributed by atoms with van der Waals surface area (Å²) in [6, 6.07) is 4.48. The van der Waals surface area contributed by atoms with Crippen LogP contribution in [0.4, 0.5) is 5.69 Å². The number of likely N-dealkylation sites (tertiary alicyclic amines) is 1.